The zero-order valence-electron chi connectivity index (χ0n) is 16.6. The van der Waals surface area contributed by atoms with Crippen molar-refractivity contribution in [2.24, 2.45) is 0 Å². The van der Waals surface area contributed by atoms with Gasteiger partial charge in [-0.05, 0) is 38.1 Å². The number of carbonyl (C=O) groups is 1. The molecular formula is C21H22F2N6O. The molecule has 0 atom stereocenters. The molecular weight excluding hydrogens is 390 g/mol. The zero-order chi connectivity index (χ0) is 21.5. The van der Waals surface area contributed by atoms with Crippen molar-refractivity contribution in [3.05, 3.63) is 71.4 Å². The van der Waals surface area contributed by atoms with Crippen molar-refractivity contribution in [2.75, 3.05) is 29.0 Å². The third-order valence-corrected chi connectivity index (χ3v) is 4.07. The summed E-state index contributed by atoms with van der Waals surface area (Å²) in [6, 6.07) is 12.4. The lowest BCUT2D eigenvalue weighted by Crippen LogP contribution is -2.33. The summed E-state index contributed by atoms with van der Waals surface area (Å²) in [5, 5.41) is 10.9. The van der Waals surface area contributed by atoms with Crippen molar-refractivity contribution in [1.29, 1.82) is 0 Å². The SMILES string of the molecule is Cc1ccc(Nc2cc(C)nc(NCCNC(=O)Nc3c(F)cccc3F)n2)cc1. The lowest BCUT2D eigenvalue weighted by molar-refractivity contribution is 0.252. The summed E-state index contributed by atoms with van der Waals surface area (Å²) >= 11 is 0. The molecule has 9 heteroatoms. The highest BCUT2D eigenvalue weighted by Crippen LogP contribution is 2.18. The minimum absolute atomic E-state index is 0.194. The summed E-state index contributed by atoms with van der Waals surface area (Å²) < 4.78 is 27.1. The first-order valence-electron chi connectivity index (χ1n) is 9.33. The van der Waals surface area contributed by atoms with Gasteiger partial charge in [0.05, 0.1) is 0 Å². The molecule has 3 rings (SSSR count). The van der Waals surface area contributed by atoms with Gasteiger partial charge in [0.2, 0.25) is 5.95 Å². The molecule has 0 spiro atoms. The minimum atomic E-state index is -0.843. The largest absolute Gasteiger partial charge is 0.352 e. The number of aromatic nitrogens is 2. The fraction of sp³-hybridized carbons (Fsp3) is 0.190. The van der Waals surface area contributed by atoms with E-state index in [4.69, 9.17) is 0 Å². The highest BCUT2D eigenvalue weighted by atomic mass is 19.1. The van der Waals surface area contributed by atoms with Gasteiger partial charge in [-0.25, -0.2) is 18.6 Å². The number of benzene rings is 2. The van der Waals surface area contributed by atoms with Crippen LogP contribution in [-0.4, -0.2) is 29.1 Å². The molecule has 2 aromatic carbocycles. The van der Waals surface area contributed by atoms with Gasteiger partial charge in [0, 0.05) is 30.5 Å². The Bertz CT molecular complexity index is 1010. The molecule has 2 amide bonds. The number of nitrogens with zero attached hydrogens (tertiary/aromatic N) is 2. The summed E-state index contributed by atoms with van der Waals surface area (Å²) in [6.45, 7) is 4.38. The molecule has 0 radical (unpaired) electrons. The van der Waals surface area contributed by atoms with Crippen molar-refractivity contribution < 1.29 is 13.6 Å². The Labute approximate surface area is 173 Å². The second-order valence-electron chi connectivity index (χ2n) is 6.61. The number of carbonyl (C=O) groups excluding carboxylic acids is 1. The molecule has 7 nitrogen and oxygen atoms in total. The van der Waals surface area contributed by atoms with Crippen LogP contribution in [0.15, 0.2) is 48.5 Å². The van der Waals surface area contributed by atoms with Crippen LogP contribution in [0.25, 0.3) is 0 Å². The predicted octanol–water partition coefficient (Wildman–Crippen LogP) is 4.35. The van der Waals surface area contributed by atoms with Crippen LogP contribution in [0.3, 0.4) is 0 Å². The Balaban J connectivity index is 1.50. The van der Waals surface area contributed by atoms with Crippen LogP contribution >= 0.6 is 0 Å². The van der Waals surface area contributed by atoms with Crippen LogP contribution in [-0.2, 0) is 0 Å². The molecule has 1 aromatic heterocycles. The van der Waals surface area contributed by atoms with Gasteiger partial charge in [-0.2, -0.15) is 4.98 Å². The lowest BCUT2D eigenvalue weighted by atomic mass is 10.2. The highest BCUT2D eigenvalue weighted by Gasteiger charge is 2.11. The van der Waals surface area contributed by atoms with Crippen LogP contribution in [0.4, 0.5) is 36.7 Å². The number of urea groups is 1. The molecule has 4 N–H and O–H groups in total. The van der Waals surface area contributed by atoms with E-state index < -0.39 is 23.4 Å². The Morgan fingerprint density at radius 1 is 0.967 bits per heavy atom. The Morgan fingerprint density at radius 2 is 1.67 bits per heavy atom. The van der Waals surface area contributed by atoms with E-state index in [-0.39, 0.29) is 6.54 Å². The molecule has 0 fully saturated rings. The molecule has 0 bridgehead atoms. The maximum Gasteiger partial charge on any atom is 0.319 e. The van der Waals surface area contributed by atoms with E-state index in [1.54, 1.807) is 0 Å². The first kappa shape index (κ1) is 21.0. The molecule has 0 saturated carbocycles. The molecule has 0 aliphatic heterocycles. The smallest absolute Gasteiger partial charge is 0.319 e. The zero-order valence-corrected chi connectivity index (χ0v) is 16.6. The van der Waals surface area contributed by atoms with E-state index in [0.29, 0.717) is 18.3 Å². The van der Waals surface area contributed by atoms with Gasteiger partial charge >= 0.3 is 6.03 Å². The summed E-state index contributed by atoms with van der Waals surface area (Å²) in [4.78, 5) is 20.5. The van der Waals surface area contributed by atoms with E-state index in [1.165, 1.54) is 6.07 Å². The number of hydrogen-bond acceptors (Lipinski definition) is 5. The first-order chi connectivity index (χ1) is 14.4. The van der Waals surface area contributed by atoms with E-state index in [2.05, 4.69) is 31.2 Å². The Morgan fingerprint density at radius 3 is 2.37 bits per heavy atom. The van der Waals surface area contributed by atoms with Gasteiger partial charge in [-0.15, -0.1) is 0 Å². The molecule has 0 saturated heterocycles. The minimum Gasteiger partial charge on any atom is -0.352 e. The number of halogens is 2. The normalized spacial score (nSPS) is 10.4. The van der Waals surface area contributed by atoms with Crippen molar-refractivity contribution >= 4 is 29.2 Å². The van der Waals surface area contributed by atoms with E-state index >= 15 is 0 Å². The van der Waals surface area contributed by atoms with Gasteiger partial charge in [0.15, 0.2) is 0 Å². The van der Waals surface area contributed by atoms with Crippen molar-refractivity contribution in [3.8, 4) is 0 Å². The molecule has 156 valence electrons. The number of rotatable bonds is 7. The van der Waals surface area contributed by atoms with Crippen LogP contribution in [0.5, 0.6) is 0 Å². The average Bonchev–Trinajstić information content (AvgIpc) is 2.70. The lowest BCUT2D eigenvalue weighted by Gasteiger charge is -2.11. The van der Waals surface area contributed by atoms with Crippen LogP contribution in [0.1, 0.15) is 11.3 Å². The predicted molar refractivity (Wildman–Crippen MR) is 113 cm³/mol. The monoisotopic (exact) mass is 412 g/mol. The molecule has 0 aliphatic carbocycles. The van der Waals surface area contributed by atoms with E-state index in [0.717, 1.165) is 29.1 Å². The Hall–Kier alpha value is -3.75. The molecule has 0 aliphatic rings. The van der Waals surface area contributed by atoms with Crippen LogP contribution in [0.2, 0.25) is 0 Å². The number of para-hydroxylation sites is 1. The summed E-state index contributed by atoms with van der Waals surface area (Å²) in [6.07, 6.45) is 0. The van der Waals surface area contributed by atoms with E-state index in [9.17, 15) is 13.6 Å². The second kappa shape index (κ2) is 9.64. The summed E-state index contributed by atoms with van der Waals surface area (Å²) in [7, 11) is 0. The number of aryl methyl sites for hydroxylation is 2. The molecule has 3 aromatic rings. The summed E-state index contributed by atoms with van der Waals surface area (Å²) in [5.41, 5.74) is 2.35. The van der Waals surface area contributed by atoms with Gasteiger partial charge in [-0.1, -0.05) is 23.8 Å². The average molecular weight is 412 g/mol. The van der Waals surface area contributed by atoms with Crippen LogP contribution < -0.4 is 21.3 Å². The fourth-order valence-electron chi connectivity index (χ4n) is 2.62. The van der Waals surface area contributed by atoms with Gasteiger partial charge in [0.1, 0.15) is 23.1 Å². The third-order valence-electron chi connectivity index (χ3n) is 4.07. The first-order valence-corrected chi connectivity index (χ1v) is 9.33. The van der Waals surface area contributed by atoms with Gasteiger partial charge in [0.25, 0.3) is 0 Å². The van der Waals surface area contributed by atoms with Crippen molar-refractivity contribution in [3.63, 3.8) is 0 Å². The number of hydrogen-bond donors (Lipinski definition) is 4. The van der Waals surface area contributed by atoms with E-state index in [1.807, 2.05) is 44.2 Å². The number of anilines is 4. The molecule has 0 unspecified atom stereocenters. The third kappa shape index (κ3) is 5.87. The maximum absolute atomic E-state index is 13.6. The molecule has 1 heterocycles. The standard InChI is InChI=1S/C21H22F2N6O/c1-13-6-8-15(9-7-13)27-18-12-14(2)26-20(28-18)24-10-11-25-21(30)29-19-16(22)4-3-5-17(19)23/h3-9,12H,10-11H2,1-2H3,(H2,25,29,30)(H2,24,26,27,28). The summed E-state index contributed by atoms with van der Waals surface area (Å²) in [5.74, 6) is -0.656. The van der Waals surface area contributed by atoms with Crippen molar-refractivity contribution in [2.45, 2.75) is 13.8 Å². The molecule has 30 heavy (non-hydrogen) atoms. The number of nitrogens with one attached hydrogen (secondary N) is 4. The fourth-order valence-corrected chi connectivity index (χ4v) is 2.62. The highest BCUT2D eigenvalue weighted by molar-refractivity contribution is 5.89. The number of amides is 2. The topological polar surface area (TPSA) is 91.0 Å². The second-order valence-corrected chi connectivity index (χ2v) is 6.61. The van der Waals surface area contributed by atoms with Crippen LogP contribution in [0, 0.1) is 25.5 Å². The quantitative estimate of drug-likeness (QED) is 0.433. The maximum atomic E-state index is 13.6. The van der Waals surface area contributed by atoms with Gasteiger partial charge in [-0.3, -0.25) is 0 Å². The Kier molecular flexibility index (Phi) is 6.74. The van der Waals surface area contributed by atoms with Crippen molar-refractivity contribution in [1.82, 2.24) is 15.3 Å². The van der Waals surface area contributed by atoms with Gasteiger partial charge < -0.3 is 21.3 Å².